The zero-order chi connectivity index (χ0) is 20.1. The SMILES string of the molecule is COc1cc(-n2cccn2)ncc1C(=O)NCc1ccc(-c2ccccc2)nc1. The summed E-state index contributed by atoms with van der Waals surface area (Å²) in [5.74, 6) is 0.734. The van der Waals surface area contributed by atoms with Gasteiger partial charge in [-0.2, -0.15) is 5.10 Å². The summed E-state index contributed by atoms with van der Waals surface area (Å²) in [6.07, 6.45) is 6.68. The van der Waals surface area contributed by atoms with Crippen molar-refractivity contribution in [2.45, 2.75) is 6.54 Å². The number of benzene rings is 1. The maximum atomic E-state index is 12.6. The fourth-order valence-corrected chi connectivity index (χ4v) is 2.88. The van der Waals surface area contributed by atoms with E-state index in [0.29, 0.717) is 23.7 Å². The van der Waals surface area contributed by atoms with Gasteiger partial charge in [-0.3, -0.25) is 9.78 Å². The Morgan fingerprint density at radius 1 is 1.07 bits per heavy atom. The van der Waals surface area contributed by atoms with Gasteiger partial charge < -0.3 is 10.1 Å². The second kappa shape index (κ2) is 8.35. The highest BCUT2D eigenvalue weighted by atomic mass is 16.5. The lowest BCUT2D eigenvalue weighted by atomic mass is 10.1. The van der Waals surface area contributed by atoms with Crippen molar-refractivity contribution in [3.8, 4) is 22.8 Å². The molecular formula is C22H19N5O2. The van der Waals surface area contributed by atoms with Crippen molar-refractivity contribution in [3.63, 3.8) is 0 Å². The Morgan fingerprint density at radius 3 is 2.62 bits per heavy atom. The number of methoxy groups -OCH3 is 1. The Bertz CT molecular complexity index is 1090. The van der Waals surface area contributed by atoms with Crippen molar-refractivity contribution in [3.05, 3.63) is 90.5 Å². The molecule has 144 valence electrons. The van der Waals surface area contributed by atoms with Crippen LogP contribution in [0.2, 0.25) is 0 Å². The monoisotopic (exact) mass is 385 g/mol. The van der Waals surface area contributed by atoms with Crippen molar-refractivity contribution in [1.29, 1.82) is 0 Å². The third kappa shape index (κ3) is 4.14. The summed E-state index contributed by atoms with van der Waals surface area (Å²) < 4.78 is 6.97. The van der Waals surface area contributed by atoms with Crippen molar-refractivity contribution < 1.29 is 9.53 Å². The number of amides is 1. The Morgan fingerprint density at radius 2 is 1.93 bits per heavy atom. The lowest BCUT2D eigenvalue weighted by molar-refractivity contribution is 0.0947. The zero-order valence-corrected chi connectivity index (χ0v) is 15.8. The maximum Gasteiger partial charge on any atom is 0.256 e. The molecule has 1 amide bonds. The molecule has 0 spiro atoms. The van der Waals surface area contributed by atoms with Gasteiger partial charge in [0.1, 0.15) is 5.75 Å². The van der Waals surface area contributed by atoms with E-state index in [-0.39, 0.29) is 5.91 Å². The molecule has 0 bridgehead atoms. The largest absolute Gasteiger partial charge is 0.496 e. The van der Waals surface area contributed by atoms with Crippen LogP contribution in [-0.2, 0) is 6.54 Å². The van der Waals surface area contributed by atoms with Gasteiger partial charge in [0.05, 0.1) is 18.4 Å². The predicted octanol–water partition coefficient (Wildman–Crippen LogP) is 3.27. The van der Waals surface area contributed by atoms with Gasteiger partial charge in [0.2, 0.25) is 0 Å². The molecule has 0 radical (unpaired) electrons. The van der Waals surface area contributed by atoms with E-state index in [9.17, 15) is 4.79 Å². The Balaban J connectivity index is 1.44. The van der Waals surface area contributed by atoms with Gasteiger partial charge in [-0.1, -0.05) is 36.4 Å². The normalized spacial score (nSPS) is 10.5. The number of hydrogen-bond acceptors (Lipinski definition) is 5. The van der Waals surface area contributed by atoms with E-state index in [2.05, 4.69) is 20.4 Å². The number of rotatable bonds is 6. The van der Waals surface area contributed by atoms with Crippen LogP contribution in [0.1, 0.15) is 15.9 Å². The minimum absolute atomic E-state index is 0.270. The number of hydrogen-bond donors (Lipinski definition) is 1. The average molecular weight is 385 g/mol. The van der Waals surface area contributed by atoms with Crippen molar-refractivity contribution in [1.82, 2.24) is 25.1 Å². The van der Waals surface area contributed by atoms with Crippen LogP contribution in [0.15, 0.2) is 79.4 Å². The smallest absolute Gasteiger partial charge is 0.256 e. The van der Waals surface area contributed by atoms with Gasteiger partial charge in [0.15, 0.2) is 5.82 Å². The second-order valence-corrected chi connectivity index (χ2v) is 6.29. The molecule has 1 N–H and O–H groups in total. The highest BCUT2D eigenvalue weighted by molar-refractivity contribution is 5.96. The molecule has 0 unspecified atom stereocenters. The van der Waals surface area contributed by atoms with Crippen LogP contribution in [0.4, 0.5) is 0 Å². The lowest BCUT2D eigenvalue weighted by Gasteiger charge is -2.11. The molecule has 0 saturated heterocycles. The predicted molar refractivity (Wildman–Crippen MR) is 109 cm³/mol. The molecule has 3 aromatic heterocycles. The first kappa shape index (κ1) is 18.4. The molecule has 0 fully saturated rings. The van der Waals surface area contributed by atoms with E-state index in [4.69, 9.17) is 4.74 Å². The van der Waals surface area contributed by atoms with Crippen LogP contribution in [0.5, 0.6) is 5.75 Å². The van der Waals surface area contributed by atoms with Crippen LogP contribution in [0.3, 0.4) is 0 Å². The Hall–Kier alpha value is -4.00. The van der Waals surface area contributed by atoms with Gasteiger partial charge >= 0.3 is 0 Å². The first-order valence-electron chi connectivity index (χ1n) is 9.07. The zero-order valence-electron chi connectivity index (χ0n) is 15.8. The second-order valence-electron chi connectivity index (χ2n) is 6.29. The minimum atomic E-state index is -0.270. The molecule has 7 heteroatoms. The van der Waals surface area contributed by atoms with E-state index < -0.39 is 0 Å². The topological polar surface area (TPSA) is 81.9 Å². The Labute approximate surface area is 168 Å². The first-order chi connectivity index (χ1) is 14.2. The molecule has 1 aromatic carbocycles. The summed E-state index contributed by atoms with van der Waals surface area (Å²) in [7, 11) is 1.52. The number of nitrogens with one attached hydrogen (secondary N) is 1. The summed E-state index contributed by atoms with van der Waals surface area (Å²) in [4.78, 5) is 21.4. The third-order valence-corrected chi connectivity index (χ3v) is 4.40. The van der Waals surface area contributed by atoms with E-state index >= 15 is 0 Å². The fourth-order valence-electron chi connectivity index (χ4n) is 2.88. The van der Waals surface area contributed by atoms with Gasteiger partial charge in [0, 0.05) is 43.0 Å². The maximum absolute atomic E-state index is 12.6. The number of ether oxygens (including phenoxy) is 1. The molecule has 3 heterocycles. The molecule has 0 saturated carbocycles. The molecule has 0 aliphatic rings. The van der Waals surface area contributed by atoms with Gasteiger partial charge in [-0.25, -0.2) is 9.67 Å². The number of carbonyl (C=O) groups excluding carboxylic acids is 1. The molecule has 4 rings (SSSR count). The average Bonchev–Trinajstić information content (AvgIpc) is 3.33. The number of nitrogens with zero attached hydrogens (tertiary/aromatic N) is 4. The van der Waals surface area contributed by atoms with Crippen molar-refractivity contribution in [2.75, 3.05) is 7.11 Å². The Kier molecular flexibility index (Phi) is 5.29. The molecule has 0 aliphatic heterocycles. The van der Waals surface area contributed by atoms with E-state index in [1.54, 1.807) is 35.4 Å². The number of pyridine rings is 2. The minimum Gasteiger partial charge on any atom is -0.496 e. The standard InChI is InChI=1S/C22H19N5O2/c1-29-20-12-21(27-11-5-10-26-27)24-15-18(20)22(28)25-14-16-8-9-19(23-13-16)17-6-3-2-4-7-17/h2-13,15H,14H2,1H3,(H,25,28). The van der Waals surface area contributed by atoms with Crippen LogP contribution in [0, 0.1) is 0 Å². The van der Waals surface area contributed by atoms with Crippen LogP contribution in [0.25, 0.3) is 17.1 Å². The van der Waals surface area contributed by atoms with Gasteiger partial charge in [-0.15, -0.1) is 0 Å². The molecule has 4 aromatic rings. The quantitative estimate of drug-likeness (QED) is 0.551. The van der Waals surface area contributed by atoms with Crippen LogP contribution >= 0.6 is 0 Å². The van der Waals surface area contributed by atoms with E-state index in [1.807, 2.05) is 42.5 Å². The number of carbonyl (C=O) groups is 1. The highest BCUT2D eigenvalue weighted by Gasteiger charge is 2.14. The molecule has 29 heavy (non-hydrogen) atoms. The highest BCUT2D eigenvalue weighted by Crippen LogP contribution is 2.20. The molecule has 0 aliphatic carbocycles. The van der Waals surface area contributed by atoms with Crippen molar-refractivity contribution >= 4 is 5.91 Å². The van der Waals surface area contributed by atoms with Gasteiger partial charge in [0.25, 0.3) is 5.91 Å². The summed E-state index contributed by atoms with van der Waals surface area (Å²) in [6.45, 7) is 0.352. The van der Waals surface area contributed by atoms with E-state index in [0.717, 1.165) is 16.8 Å². The van der Waals surface area contributed by atoms with Crippen LogP contribution in [-0.4, -0.2) is 32.8 Å². The molecule has 7 nitrogen and oxygen atoms in total. The molecular weight excluding hydrogens is 366 g/mol. The fraction of sp³-hybridized carbons (Fsp3) is 0.0909. The summed E-state index contributed by atoms with van der Waals surface area (Å²) in [6, 6.07) is 17.3. The first-order valence-corrected chi connectivity index (χ1v) is 9.07. The summed E-state index contributed by atoms with van der Waals surface area (Å²) >= 11 is 0. The number of aromatic nitrogens is 4. The summed E-state index contributed by atoms with van der Waals surface area (Å²) in [5, 5.41) is 7.01. The summed E-state index contributed by atoms with van der Waals surface area (Å²) in [5.41, 5.74) is 3.20. The lowest BCUT2D eigenvalue weighted by Crippen LogP contribution is -2.23. The third-order valence-electron chi connectivity index (χ3n) is 4.40. The van der Waals surface area contributed by atoms with Crippen LogP contribution < -0.4 is 10.1 Å². The van der Waals surface area contributed by atoms with E-state index in [1.165, 1.54) is 13.3 Å². The molecule has 0 atom stereocenters. The van der Waals surface area contributed by atoms with Crippen molar-refractivity contribution in [2.24, 2.45) is 0 Å². The van der Waals surface area contributed by atoms with Gasteiger partial charge in [-0.05, 0) is 17.7 Å².